The minimum atomic E-state index is 0.0353. The van der Waals surface area contributed by atoms with Gasteiger partial charge >= 0.3 is 0 Å². The molecule has 1 aromatic rings. The van der Waals surface area contributed by atoms with E-state index in [2.05, 4.69) is 20.2 Å². The number of hydrogen-bond acceptors (Lipinski definition) is 4. The van der Waals surface area contributed by atoms with Crippen LogP contribution in [0.5, 0.6) is 0 Å². The Morgan fingerprint density at radius 2 is 2.15 bits per heavy atom. The van der Waals surface area contributed by atoms with Crippen molar-refractivity contribution in [3.63, 3.8) is 0 Å². The third-order valence-corrected chi connectivity index (χ3v) is 1.69. The second-order valence-corrected chi connectivity index (χ2v) is 2.41. The zero-order chi connectivity index (χ0) is 9.84. The molecule has 64 valence electrons. The van der Waals surface area contributed by atoms with E-state index in [0.29, 0.717) is 11.3 Å². The SMILES string of the molecule is Cc1nnc(N=[N+]=[N-])c(C#N)c1C. The molecule has 0 spiro atoms. The van der Waals surface area contributed by atoms with Crippen molar-refractivity contribution in [1.82, 2.24) is 10.2 Å². The highest BCUT2D eigenvalue weighted by molar-refractivity contribution is 5.52. The Hall–Kier alpha value is -2.12. The molecule has 0 aliphatic carbocycles. The lowest BCUT2D eigenvalue weighted by Crippen LogP contribution is -1.95. The summed E-state index contributed by atoms with van der Waals surface area (Å²) >= 11 is 0. The Kier molecular flexibility index (Phi) is 2.43. The monoisotopic (exact) mass is 174 g/mol. The summed E-state index contributed by atoms with van der Waals surface area (Å²) in [5.41, 5.74) is 9.82. The maximum absolute atomic E-state index is 8.75. The van der Waals surface area contributed by atoms with Crippen LogP contribution in [0.3, 0.4) is 0 Å². The van der Waals surface area contributed by atoms with Gasteiger partial charge in [0, 0.05) is 4.91 Å². The second-order valence-electron chi connectivity index (χ2n) is 2.41. The average Bonchev–Trinajstić information content (AvgIpc) is 2.12. The molecule has 6 heteroatoms. The summed E-state index contributed by atoms with van der Waals surface area (Å²) in [4.78, 5) is 2.56. The number of aryl methyl sites for hydroxylation is 1. The molecule has 0 unspecified atom stereocenters. The molecule has 0 aromatic carbocycles. The van der Waals surface area contributed by atoms with E-state index in [-0.39, 0.29) is 11.4 Å². The van der Waals surface area contributed by atoms with E-state index in [1.54, 1.807) is 13.8 Å². The van der Waals surface area contributed by atoms with Crippen LogP contribution >= 0.6 is 0 Å². The average molecular weight is 174 g/mol. The zero-order valence-corrected chi connectivity index (χ0v) is 7.18. The normalized spacial score (nSPS) is 8.69. The number of nitrogens with zero attached hydrogens (tertiary/aromatic N) is 6. The van der Waals surface area contributed by atoms with Crippen molar-refractivity contribution >= 4 is 5.82 Å². The molecule has 6 nitrogen and oxygen atoms in total. The van der Waals surface area contributed by atoms with Crippen molar-refractivity contribution in [3.8, 4) is 6.07 Å². The van der Waals surface area contributed by atoms with Crippen LogP contribution in [-0.4, -0.2) is 10.2 Å². The number of nitriles is 1. The van der Waals surface area contributed by atoms with E-state index in [1.807, 2.05) is 6.07 Å². The van der Waals surface area contributed by atoms with Crippen LogP contribution in [-0.2, 0) is 0 Å². The number of aromatic nitrogens is 2. The van der Waals surface area contributed by atoms with E-state index < -0.39 is 0 Å². The van der Waals surface area contributed by atoms with E-state index in [9.17, 15) is 0 Å². The van der Waals surface area contributed by atoms with Gasteiger partial charge in [0.25, 0.3) is 0 Å². The Morgan fingerprint density at radius 3 is 2.69 bits per heavy atom. The number of azide groups is 1. The quantitative estimate of drug-likeness (QED) is 0.369. The van der Waals surface area contributed by atoms with Gasteiger partial charge in [0.1, 0.15) is 6.07 Å². The molecule has 1 aromatic heterocycles. The molecule has 0 saturated heterocycles. The molecular weight excluding hydrogens is 168 g/mol. The standard InChI is InChI=1S/C7H6N6/c1-4-5(2)10-11-7(12-13-9)6(4)3-8/h1-2H3. The van der Waals surface area contributed by atoms with Crippen molar-refractivity contribution in [2.45, 2.75) is 13.8 Å². The first-order chi connectivity index (χ1) is 6.20. The lowest BCUT2D eigenvalue weighted by molar-refractivity contribution is 0.949. The smallest absolute Gasteiger partial charge is 0.167 e. The highest BCUT2D eigenvalue weighted by Gasteiger charge is 2.08. The fraction of sp³-hybridized carbons (Fsp3) is 0.286. The van der Waals surface area contributed by atoms with Gasteiger partial charge in [0.2, 0.25) is 0 Å². The van der Waals surface area contributed by atoms with Crippen molar-refractivity contribution < 1.29 is 0 Å². The maximum Gasteiger partial charge on any atom is 0.167 e. The van der Waals surface area contributed by atoms with E-state index in [4.69, 9.17) is 10.8 Å². The Morgan fingerprint density at radius 1 is 1.46 bits per heavy atom. The fourth-order valence-electron chi connectivity index (χ4n) is 0.842. The van der Waals surface area contributed by atoms with Gasteiger partial charge in [-0.05, 0) is 30.1 Å². The zero-order valence-electron chi connectivity index (χ0n) is 7.18. The van der Waals surface area contributed by atoms with Gasteiger partial charge in [0.15, 0.2) is 5.82 Å². The van der Waals surface area contributed by atoms with Crippen LogP contribution in [0, 0.1) is 25.2 Å². The van der Waals surface area contributed by atoms with Gasteiger partial charge in [-0.15, -0.1) is 5.10 Å². The summed E-state index contributed by atoms with van der Waals surface area (Å²) in [5.74, 6) is 0.0353. The summed E-state index contributed by atoms with van der Waals surface area (Å²) in [7, 11) is 0. The first kappa shape index (κ1) is 8.97. The molecule has 0 fully saturated rings. The molecule has 0 atom stereocenters. The first-order valence-corrected chi connectivity index (χ1v) is 3.49. The molecule has 0 saturated carbocycles. The summed E-state index contributed by atoms with van der Waals surface area (Å²) in [6, 6.07) is 1.92. The summed E-state index contributed by atoms with van der Waals surface area (Å²) in [5, 5.41) is 19.4. The largest absolute Gasteiger partial charge is 0.192 e. The highest BCUT2D eigenvalue weighted by atomic mass is 15.2. The van der Waals surface area contributed by atoms with Crippen molar-refractivity contribution in [2.75, 3.05) is 0 Å². The molecule has 0 N–H and O–H groups in total. The Bertz CT molecular complexity index is 423. The van der Waals surface area contributed by atoms with E-state index >= 15 is 0 Å². The van der Waals surface area contributed by atoms with Gasteiger partial charge < -0.3 is 0 Å². The van der Waals surface area contributed by atoms with Crippen LogP contribution in [0.2, 0.25) is 0 Å². The molecule has 0 aliphatic heterocycles. The Balaban J connectivity index is 3.49. The second kappa shape index (κ2) is 3.52. The van der Waals surface area contributed by atoms with Gasteiger partial charge in [0.05, 0.1) is 11.3 Å². The lowest BCUT2D eigenvalue weighted by Gasteiger charge is -2.01. The van der Waals surface area contributed by atoms with Crippen molar-refractivity contribution in [2.24, 2.45) is 5.11 Å². The number of hydrogen-bond donors (Lipinski definition) is 0. The minimum Gasteiger partial charge on any atom is -0.192 e. The number of rotatable bonds is 1. The highest BCUT2D eigenvalue weighted by Crippen LogP contribution is 2.19. The first-order valence-electron chi connectivity index (χ1n) is 3.49. The molecule has 0 aliphatic rings. The van der Waals surface area contributed by atoms with Crippen LogP contribution in [0.25, 0.3) is 10.4 Å². The van der Waals surface area contributed by atoms with Crippen molar-refractivity contribution in [1.29, 1.82) is 5.26 Å². The van der Waals surface area contributed by atoms with Gasteiger partial charge in [-0.2, -0.15) is 10.4 Å². The fourth-order valence-corrected chi connectivity index (χ4v) is 0.842. The molecule has 1 heterocycles. The van der Waals surface area contributed by atoms with Gasteiger partial charge in [-0.1, -0.05) is 0 Å². The molecule has 1 rings (SSSR count). The summed E-state index contributed by atoms with van der Waals surface area (Å²) in [6.45, 7) is 3.47. The van der Waals surface area contributed by atoms with Crippen LogP contribution < -0.4 is 0 Å². The third-order valence-electron chi connectivity index (χ3n) is 1.69. The predicted molar refractivity (Wildman–Crippen MR) is 45.0 cm³/mol. The molecule has 0 amide bonds. The molecule has 0 bridgehead atoms. The van der Waals surface area contributed by atoms with Crippen LogP contribution in [0.1, 0.15) is 16.8 Å². The molecule has 13 heavy (non-hydrogen) atoms. The lowest BCUT2D eigenvalue weighted by atomic mass is 10.1. The Labute approximate surface area is 74.5 Å². The van der Waals surface area contributed by atoms with Crippen LogP contribution in [0.15, 0.2) is 5.11 Å². The van der Waals surface area contributed by atoms with Gasteiger partial charge in [-0.25, -0.2) is 0 Å². The minimum absolute atomic E-state index is 0.0353. The molecular formula is C7H6N6. The third kappa shape index (κ3) is 1.55. The maximum atomic E-state index is 8.75. The van der Waals surface area contributed by atoms with E-state index in [1.165, 1.54) is 0 Å². The predicted octanol–water partition coefficient (Wildman–Crippen LogP) is 1.91. The van der Waals surface area contributed by atoms with Gasteiger partial charge in [-0.3, -0.25) is 0 Å². The van der Waals surface area contributed by atoms with Crippen LogP contribution in [0.4, 0.5) is 5.82 Å². The summed E-state index contributed by atoms with van der Waals surface area (Å²) < 4.78 is 0. The molecule has 0 radical (unpaired) electrons. The van der Waals surface area contributed by atoms with Crippen molar-refractivity contribution in [3.05, 3.63) is 27.3 Å². The summed E-state index contributed by atoms with van der Waals surface area (Å²) in [6.07, 6.45) is 0. The van der Waals surface area contributed by atoms with E-state index in [0.717, 1.165) is 0 Å². The topological polar surface area (TPSA) is 98.3 Å².